The molecule has 5 heteroatoms. The number of rotatable bonds is 6. The van der Waals surface area contributed by atoms with Crippen LogP contribution in [0, 0.1) is 0 Å². The molecule has 0 spiro atoms. The molecule has 1 aliphatic heterocycles. The van der Waals surface area contributed by atoms with E-state index in [1.54, 1.807) is 6.26 Å². The van der Waals surface area contributed by atoms with Crippen LogP contribution >= 0.6 is 0 Å². The zero-order valence-electron chi connectivity index (χ0n) is 12.5. The van der Waals surface area contributed by atoms with Crippen LogP contribution in [0.5, 0.6) is 0 Å². The number of benzene rings is 1. The van der Waals surface area contributed by atoms with Crippen molar-refractivity contribution >= 4 is 17.3 Å². The van der Waals surface area contributed by atoms with Gasteiger partial charge in [0.05, 0.1) is 19.4 Å². The summed E-state index contributed by atoms with van der Waals surface area (Å²) < 4.78 is 5.20. The number of nitrogens with zero attached hydrogens (tertiary/aromatic N) is 1. The van der Waals surface area contributed by atoms with Crippen LogP contribution in [0.3, 0.4) is 0 Å². The zero-order chi connectivity index (χ0) is 15.2. The Hall–Kier alpha value is -2.27. The Labute approximate surface area is 130 Å². The van der Waals surface area contributed by atoms with Gasteiger partial charge in [0, 0.05) is 24.5 Å². The van der Waals surface area contributed by atoms with E-state index in [0.717, 1.165) is 24.5 Å². The van der Waals surface area contributed by atoms with Crippen molar-refractivity contribution in [1.29, 1.82) is 0 Å². The summed E-state index contributed by atoms with van der Waals surface area (Å²) in [5.74, 6) is 0.767. The Morgan fingerprint density at radius 3 is 2.59 bits per heavy atom. The van der Waals surface area contributed by atoms with Crippen molar-refractivity contribution in [2.45, 2.75) is 19.4 Å². The molecule has 0 saturated carbocycles. The highest BCUT2D eigenvalue weighted by atomic mass is 16.3. The third kappa shape index (κ3) is 3.89. The van der Waals surface area contributed by atoms with Crippen LogP contribution in [0.15, 0.2) is 47.1 Å². The second kappa shape index (κ2) is 7.13. The zero-order valence-corrected chi connectivity index (χ0v) is 12.5. The molecule has 2 heterocycles. The minimum absolute atomic E-state index is 0.0551. The first kappa shape index (κ1) is 14.7. The predicted molar refractivity (Wildman–Crippen MR) is 86.9 cm³/mol. The molecule has 116 valence electrons. The SMILES string of the molecule is O=C(CNCc1ccco1)Nc1ccc(N2CCCC2)cc1. The minimum atomic E-state index is -0.0551. The lowest BCUT2D eigenvalue weighted by Crippen LogP contribution is -2.27. The normalized spacial score (nSPS) is 14.3. The molecular formula is C17H21N3O2. The van der Waals surface area contributed by atoms with E-state index in [1.165, 1.54) is 18.5 Å². The number of carbonyl (C=O) groups is 1. The van der Waals surface area contributed by atoms with Crippen molar-refractivity contribution in [1.82, 2.24) is 5.32 Å². The van der Waals surface area contributed by atoms with Gasteiger partial charge in [-0.1, -0.05) is 0 Å². The van der Waals surface area contributed by atoms with Gasteiger partial charge >= 0.3 is 0 Å². The summed E-state index contributed by atoms with van der Waals surface area (Å²) in [4.78, 5) is 14.2. The van der Waals surface area contributed by atoms with E-state index in [0.29, 0.717) is 6.54 Å². The van der Waals surface area contributed by atoms with E-state index in [4.69, 9.17) is 4.42 Å². The Morgan fingerprint density at radius 1 is 1.14 bits per heavy atom. The number of nitrogens with one attached hydrogen (secondary N) is 2. The molecule has 0 unspecified atom stereocenters. The van der Waals surface area contributed by atoms with Crippen LogP contribution in [0.25, 0.3) is 0 Å². The van der Waals surface area contributed by atoms with Crippen LogP contribution in [-0.4, -0.2) is 25.5 Å². The summed E-state index contributed by atoms with van der Waals surface area (Å²) >= 11 is 0. The van der Waals surface area contributed by atoms with E-state index < -0.39 is 0 Å². The van der Waals surface area contributed by atoms with Crippen LogP contribution in [0.2, 0.25) is 0 Å². The van der Waals surface area contributed by atoms with Gasteiger partial charge in [0.2, 0.25) is 5.91 Å². The smallest absolute Gasteiger partial charge is 0.238 e. The summed E-state index contributed by atoms with van der Waals surface area (Å²) in [5.41, 5.74) is 2.05. The maximum absolute atomic E-state index is 11.9. The van der Waals surface area contributed by atoms with Crippen molar-refractivity contribution in [2.24, 2.45) is 0 Å². The summed E-state index contributed by atoms with van der Waals surface area (Å²) in [6.07, 6.45) is 4.15. The molecule has 0 atom stereocenters. The molecule has 0 bridgehead atoms. The number of anilines is 2. The lowest BCUT2D eigenvalue weighted by Gasteiger charge is -2.17. The van der Waals surface area contributed by atoms with Crippen molar-refractivity contribution in [3.63, 3.8) is 0 Å². The van der Waals surface area contributed by atoms with Gasteiger partial charge in [0.15, 0.2) is 0 Å². The highest BCUT2D eigenvalue weighted by molar-refractivity contribution is 5.92. The molecule has 3 rings (SSSR count). The van der Waals surface area contributed by atoms with Gasteiger partial charge in [-0.15, -0.1) is 0 Å². The van der Waals surface area contributed by atoms with Gasteiger partial charge in [-0.05, 0) is 49.2 Å². The second-order valence-corrected chi connectivity index (χ2v) is 5.47. The molecule has 1 saturated heterocycles. The molecule has 5 nitrogen and oxygen atoms in total. The molecule has 1 aliphatic rings. The molecule has 1 fully saturated rings. The molecule has 0 aliphatic carbocycles. The van der Waals surface area contributed by atoms with Crippen molar-refractivity contribution in [2.75, 3.05) is 29.9 Å². The first-order valence-corrected chi connectivity index (χ1v) is 7.69. The van der Waals surface area contributed by atoms with E-state index in [9.17, 15) is 4.79 Å². The summed E-state index contributed by atoms with van der Waals surface area (Å²) in [7, 11) is 0. The van der Waals surface area contributed by atoms with Crippen molar-refractivity contribution in [3.05, 3.63) is 48.4 Å². The summed E-state index contributed by atoms with van der Waals surface area (Å²) in [6, 6.07) is 11.8. The molecule has 0 radical (unpaired) electrons. The number of furan rings is 1. The molecule has 1 aromatic carbocycles. The second-order valence-electron chi connectivity index (χ2n) is 5.47. The van der Waals surface area contributed by atoms with Gasteiger partial charge in [0.25, 0.3) is 0 Å². The van der Waals surface area contributed by atoms with Gasteiger partial charge in [-0.25, -0.2) is 0 Å². The highest BCUT2D eigenvalue weighted by Gasteiger charge is 2.12. The summed E-state index contributed by atoms with van der Waals surface area (Å²) in [5, 5.41) is 5.94. The van der Waals surface area contributed by atoms with Crippen LogP contribution in [0.4, 0.5) is 11.4 Å². The van der Waals surface area contributed by atoms with E-state index in [2.05, 4.69) is 27.7 Å². The minimum Gasteiger partial charge on any atom is -0.468 e. The lowest BCUT2D eigenvalue weighted by atomic mass is 10.2. The average Bonchev–Trinajstić information content (AvgIpc) is 3.21. The van der Waals surface area contributed by atoms with Gasteiger partial charge < -0.3 is 20.0 Å². The monoisotopic (exact) mass is 299 g/mol. The van der Waals surface area contributed by atoms with Gasteiger partial charge in [-0.3, -0.25) is 4.79 Å². The molecule has 2 aromatic rings. The molecular weight excluding hydrogens is 278 g/mol. The largest absolute Gasteiger partial charge is 0.468 e. The van der Waals surface area contributed by atoms with Crippen molar-refractivity contribution in [3.8, 4) is 0 Å². The number of hydrogen-bond acceptors (Lipinski definition) is 4. The topological polar surface area (TPSA) is 57.5 Å². The lowest BCUT2D eigenvalue weighted by molar-refractivity contribution is -0.115. The van der Waals surface area contributed by atoms with Crippen LogP contribution in [0.1, 0.15) is 18.6 Å². The summed E-state index contributed by atoms with van der Waals surface area (Å²) in [6.45, 7) is 3.06. The third-order valence-corrected chi connectivity index (χ3v) is 3.79. The average molecular weight is 299 g/mol. The molecule has 2 N–H and O–H groups in total. The molecule has 1 amide bonds. The quantitative estimate of drug-likeness (QED) is 0.861. The predicted octanol–water partition coefficient (Wildman–Crippen LogP) is 2.61. The van der Waals surface area contributed by atoms with Gasteiger partial charge in [-0.2, -0.15) is 0 Å². The fourth-order valence-corrected chi connectivity index (χ4v) is 2.65. The number of hydrogen-bond donors (Lipinski definition) is 2. The Bertz CT molecular complexity index is 587. The maximum atomic E-state index is 11.9. The standard InChI is InChI=1S/C17H21N3O2/c21-17(13-18-12-16-4-3-11-22-16)19-14-5-7-15(8-6-14)20-9-1-2-10-20/h3-8,11,18H,1-2,9-10,12-13H2,(H,19,21). The fraction of sp³-hybridized carbons (Fsp3) is 0.353. The Balaban J connectivity index is 1.44. The van der Waals surface area contributed by atoms with Crippen LogP contribution < -0.4 is 15.5 Å². The Kier molecular flexibility index (Phi) is 4.75. The third-order valence-electron chi connectivity index (χ3n) is 3.79. The number of amides is 1. The van der Waals surface area contributed by atoms with Crippen molar-refractivity contribution < 1.29 is 9.21 Å². The molecule has 1 aromatic heterocycles. The Morgan fingerprint density at radius 2 is 1.91 bits per heavy atom. The first-order chi connectivity index (χ1) is 10.8. The van der Waals surface area contributed by atoms with E-state index in [-0.39, 0.29) is 12.5 Å². The number of carbonyl (C=O) groups excluding carboxylic acids is 1. The van der Waals surface area contributed by atoms with Crippen LogP contribution in [-0.2, 0) is 11.3 Å². The van der Waals surface area contributed by atoms with Gasteiger partial charge in [0.1, 0.15) is 5.76 Å². The molecule has 22 heavy (non-hydrogen) atoms. The van der Waals surface area contributed by atoms with E-state index in [1.807, 2.05) is 24.3 Å². The van der Waals surface area contributed by atoms with E-state index >= 15 is 0 Å². The first-order valence-electron chi connectivity index (χ1n) is 7.69. The fourth-order valence-electron chi connectivity index (χ4n) is 2.65. The highest BCUT2D eigenvalue weighted by Crippen LogP contribution is 2.21. The maximum Gasteiger partial charge on any atom is 0.238 e.